The molecule has 28 heavy (non-hydrogen) atoms. The highest BCUT2D eigenvalue weighted by Gasteiger charge is 2.16. The smallest absolute Gasteiger partial charge is 0.292 e. The Labute approximate surface area is 164 Å². The first-order valence-corrected chi connectivity index (χ1v) is 9.07. The summed E-state index contributed by atoms with van der Waals surface area (Å²) in [6.45, 7) is 0.398. The molecular weight excluding hydrogens is 383 g/mol. The lowest BCUT2D eigenvalue weighted by Gasteiger charge is -2.02. The third kappa shape index (κ3) is 3.89. The van der Waals surface area contributed by atoms with Crippen LogP contribution in [0.1, 0.15) is 27.6 Å². The van der Waals surface area contributed by atoms with E-state index in [-0.39, 0.29) is 24.0 Å². The van der Waals surface area contributed by atoms with Crippen LogP contribution < -0.4 is 5.32 Å². The van der Waals surface area contributed by atoms with Gasteiger partial charge in [0.15, 0.2) is 0 Å². The number of halogens is 2. The Hall–Kier alpha value is -3.19. The van der Waals surface area contributed by atoms with E-state index in [9.17, 15) is 9.18 Å². The zero-order chi connectivity index (χ0) is 19.5. The van der Waals surface area contributed by atoms with Gasteiger partial charge in [-0.05, 0) is 41.8 Å². The van der Waals surface area contributed by atoms with E-state index in [0.29, 0.717) is 23.6 Å². The van der Waals surface area contributed by atoms with Gasteiger partial charge in [-0.25, -0.2) is 4.39 Å². The Bertz CT molecular complexity index is 1140. The van der Waals surface area contributed by atoms with Crippen molar-refractivity contribution in [2.45, 2.75) is 12.8 Å². The van der Waals surface area contributed by atoms with Crippen LogP contribution in [-0.4, -0.2) is 27.6 Å². The Balaban J connectivity index is 1.36. The monoisotopic (exact) mass is 398 g/mol. The Kier molecular flexibility index (Phi) is 5.08. The standard InChI is InChI=1S/C20H16ClFN4O2/c21-14-5-6-17-15(10-14)13(11-24-17)7-8-23-20(27)19-25-18(28-26-19)9-12-3-1-2-4-16(12)22/h1-6,10-11,24H,7-9H2,(H,23,27). The van der Waals surface area contributed by atoms with Gasteiger partial charge in [0.05, 0.1) is 6.42 Å². The summed E-state index contributed by atoms with van der Waals surface area (Å²) >= 11 is 6.05. The maximum absolute atomic E-state index is 13.7. The first kappa shape index (κ1) is 18.2. The molecule has 2 aromatic carbocycles. The maximum Gasteiger partial charge on any atom is 0.292 e. The van der Waals surface area contributed by atoms with Crippen molar-refractivity contribution in [3.05, 3.63) is 82.3 Å². The number of nitrogens with one attached hydrogen (secondary N) is 2. The molecule has 0 spiro atoms. The topological polar surface area (TPSA) is 83.8 Å². The fraction of sp³-hybridized carbons (Fsp3) is 0.150. The van der Waals surface area contributed by atoms with Gasteiger partial charge in [-0.15, -0.1) is 0 Å². The molecule has 2 aromatic heterocycles. The van der Waals surface area contributed by atoms with E-state index in [4.69, 9.17) is 16.1 Å². The zero-order valence-corrected chi connectivity index (χ0v) is 15.5. The van der Waals surface area contributed by atoms with Crippen LogP contribution in [0.3, 0.4) is 0 Å². The van der Waals surface area contributed by atoms with E-state index in [1.54, 1.807) is 18.2 Å². The van der Waals surface area contributed by atoms with Crippen molar-refractivity contribution in [2.75, 3.05) is 6.54 Å². The van der Waals surface area contributed by atoms with Gasteiger partial charge in [-0.2, -0.15) is 4.98 Å². The maximum atomic E-state index is 13.7. The largest absolute Gasteiger partial charge is 0.361 e. The van der Waals surface area contributed by atoms with E-state index in [1.807, 2.05) is 24.4 Å². The minimum absolute atomic E-state index is 0.0756. The number of aromatic nitrogens is 3. The first-order chi connectivity index (χ1) is 13.6. The number of hydrogen-bond donors (Lipinski definition) is 2. The highest BCUT2D eigenvalue weighted by molar-refractivity contribution is 6.31. The minimum atomic E-state index is -0.443. The number of fused-ring (bicyclic) bond motifs is 1. The second-order valence-corrected chi connectivity index (χ2v) is 6.73. The fourth-order valence-electron chi connectivity index (χ4n) is 2.97. The van der Waals surface area contributed by atoms with Crippen LogP contribution in [0.2, 0.25) is 5.02 Å². The van der Waals surface area contributed by atoms with Crippen LogP contribution in [0.5, 0.6) is 0 Å². The van der Waals surface area contributed by atoms with Crippen molar-refractivity contribution in [3.63, 3.8) is 0 Å². The number of carbonyl (C=O) groups excluding carboxylic acids is 1. The molecule has 142 valence electrons. The summed E-state index contributed by atoms with van der Waals surface area (Å²) in [5, 5.41) is 8.12. The number of rotatable bonds is 6. The van der Waals surface area contributed by atoms with Crippen molar-refractivity contribution in [1.29, 1.82) is 0 Å². The molecule has 0 saturated carbocycles. The highest BCUT2D eigenvalue weighted by atomic mass is 35.5. The van der Waals surface area contributed by atoms with Crippen molar-refractivity contribution >= 4 is 28.4 Å². The van der Waals surface area contributed by atoms with Gasteiger partial charge in [0.2, 0.25) is 5.89 Å². The van der Waals surface area contributed by atoms with Crippen LogP contribution in [0.15, 0.2) is 53.2 Å². The molecule has 0 atom stereocenters. The summed E-state index contributed by atoms with van der Waals surface area (Å²) in [5.41, 5.74) is 2.46. The second-order valence-electron chi connectivity index (χ2n) is 6.29. The second kappa shape index (κ2) is 7.82. The molecule has 4 rings (SSSR count). The van der Waals surface area contributed by atoms with Crippen LogP contribution in [-0.2, 0) is 12.8 Å². The lowest BCUT2D eigenvalue weighted by atomic mass is 10.1. The average Bonchev–Trinajstić information content (AvgIpc) is 3.31. The lowest BCUT2D eigenvalue weighted by molar-refractivity contribution is 0.0941. The van der Waals surface area contributed by atoms with E-state index in [1.165, 1.54) is 6.07 Å². The normalized spacial score (nSPS) is 11.1. The van der Waals surface area contributed by atoms with Crippen molar-refractivity contribution in [2.24, 2.45) is 0 Å². The Morgan fingerprint density at radius 2 is 2.07 bits per heavy atom. The van der Waals surface area contributed by atoms with E-state index < -0.39 is 5.91 Å². The number of H-pyrrole nitrogens is 1. The molecular formula is C20H16ClFN4O2. The van der Waals surface area contributed by atoms with Gasteiger partial charge in [0.1, 0.15) is 5.82 Å². The van der Waals surface area contributed by atoms with E-state index >= 15 is 0 Å². The van der Waals surface area contributed by atoms with Gasteiger partial charge < -0.3 is 14.8 Å². The molecule has 0 unspecified atom stereocenters. The van der Waals surface area contributed by atoms with Crippen LogP contribution in [0.25, 0.3) is 10.9 Å². The molecule has 1 amide bonds. The summed E-state index contributed by atoms with van der Waals surface area (Å²) in [6, 6.07) is 11.9. The average molecular weight is 399 g/mol. The Morgan fingerprint density at radius 3 is 2.93 bits per heavy atom. The van der Waals surface area contributed by atoms with E-state index in [2.05, 4.69) is 20.4 Å². The molecule has 0 aliphatic heterocycles. The summed E-state index contributed by atoms with van der Waals surface area (Å²) in [4.78, 5) is 19.4. The predicted molar refractivity (Wildman–Crippen MR) is 103 cm³/mol. The predicted octanol–water partition coefficient (Wildman–Crippen LogP) is 3.91. The van der Waals surface area contributed by atoms with Crippen LogP contribution in [0.4, 0.5) is 4.39 Å². The third-order valence-corrected chi connectivity index (χ3v) is 4.62. The van der Waals surface area contributed by atoms with Gasteiger partial charge in [0, 0.05) is 28.7 Å². The summed E-state index contributed by atoms with van der Waals surface area (Å²) < 4.78 is 18.8. The molecule has 2 heterocycles. The summed E-state index contributed by atoms with van der Waals surface area (Å²) in [5.74, 6) is -0.693. The fourth-order valence-corrected chi connectivity index (χ4v) is 3.14. The molecule has 8 heteroatoms. The van der Waals surface area contributed by atoms with E-state index in [0.717, 1.165) is 16.5 Å². The number of carbonyl (C=O) groups is 1. The minimum Gasteiger partial charge on any atom is -0.361 e. The van der Waals surface area contributed by atoms with Crippen molar-refractivity contribution in [3.8, 4) is 0 Å². The molecule has 0 bridgehead atoms. The van der Waals surface area contributed by atoms with Crippen LogP contribution >= 0.6 is 11.6 Å². The quantitative estimate of drug-likeness (QED) is 0.516. The highest BCUT2D eigenvalue weighted by Crippen LogP contribution is 2.22. The SMILES string of the molecule is O=C(NCCc1c[nH]c2ccc(Cl)cc12)c1noc(Cc2ccccc2F)n1. The summed E-state index contributed by atoms with van der Waals surface area (Å²) in [7, 11) is 0. The molecule has 0 fully saturated rings. The van der Waals surface area contributed by atoms with Gasteiger partial charge in [-0.3, -0.25) is 4.79 Å². The number of aromatic amines is 1. The lowest BCUT2D eigenvalue weighted by Crippen LogP contribution is -2.26. The van der Waals surface area contributed by atoms with Crippen molar-refractivity contribution in [1.82, 2.24) is 20.4 Å². The first-order valence-electron chi connectivity index (χ1n) is 8.70. The van der Waals surface area contributed by atoms with Gasteiger partial charge in [-0.1, -0.05) is 35.0 Å². The number of benzene rings is 2. The molecule has 0 saturated heterocycles. The number of amides is 1. The van der Waals surface area contributed by atoms with Crippen molar-refractivity contribution < 1.29 is 13.7 Å². The zero-order valence-electron chi connectivity index (χ0n) is 14.7. The molecule has 6 nitrogen and oxygen atoms in total. The molecule has 0 aliphatic carbocycles. The molecule has 2 N–H and O–H groups in total. The molecule has 4 aromatic rings. The van der Waals surface area contributed by atoms with Gasteiger partial charge in [0.25, 0.3) is 11.7 Å². The third-order valence-electron chi connectivity index (χ3n) is 4.38. The number of hydrogen-bond acceptors (Lipinski definition) is 4. The van der Waals surface area contributed by atoms with Gasteiger partial charge >= 0.3 is 0 Å². The van der Waals surface area contributed by atoms with Crippen LogP contribution in [0, 0.1) is 5.82 Å². The molecule has 0 radical (unpaired) electrons. The molecule has 0 aliphatic rings. The number of nitrogens with zero attached hydrogens (tertiary/aromatic N) is 2. The Morgan fingerprint density at radius 1 is 1.21 bits per heavy atom. The summed E-state index contributed by atoms with van der Waals surface area (Å²) in [6.07, 6.45) is 2.64.